The number of methoxy groups -OCH3 is 1. The average Bonchev–Trinajstić information content (AvgIpc) is 1.59. The van der Waals surface area contributed by atoms with Gasteiger partial charge in [-0.3, -0.25) is 33.8 Å². The van der Waals surface area contributed by atoms with E-state index in [1.807, 2.05) is 25.8 Å². The Balaban J connectivity index is 0.904. The molecule has 0 radical (unpaired) electrons. The zero-order valence-electron chi connectivity index (χ0n) is 54.3. The van der Waals surface area contributed by atoms with Gasteiger partial charge in [0.2, 0.25) is 5.91 Å². The van der Waals surface area contributed by atoms with Crippen molar-refractivity contribution in [2.75, 3.05) is 66.9 Å². The van der Waals surface area contributed by atoms with Crippen LogP contribution >= 0.6 is 56.7 Å². The van der Waals surface area contributed by atoms with Crippen LogP contribution in [-0.4, -0.2) is 212 Å². The van der Waals surface area contributed by atoms with Crippen LogP contribution in [0.4, 0.5) is 0 Å². The van der Waals surface area contributed by atoms with Crippen molar-refractivity contribution >= 4 is 115 Å². The van der Waals surface area contributed by atoms with Gasteiger partial charge in [-0.25, -0.2) is 39.5 Å². The molecule has 36 heteroatoms. The van der Waals surface area contributed by atoms with E-state index >= 15 is 19.2 Å². The monoisotopic (exact) mass is 1460 g/mol. The van der Waals surface area contributed by atoms with Gasteiger partial charge in [-0.05, 0) is 52.4 Å². The number of aliphatic hydroxyl groups is 1. The zero-order valence-corrected chi connectivity index (χ0v) is 58.4. The van der Waals surface area contributed by atoms with Gasteiger partial charge in [0.05, 0.1) is 57.5 Å². The molecule has 14 rings (SSSR count). The first-order valence-corrected chi connectivity index (χ1v) is 36.1. The summed E-state index contributed by atoms with van der Waals surface area (Å²) in [6.07, 6.45) is -6.42. The SMILES string of the molecule is CO/C(C)=C1/NC(=O)[C@H]([C@@H](C)O)NC(=O)c2csc(n2)-c2cc(O)c(-c3nc(C(=O)NCCN4CCOCC4)cs3)nc2-c2csc(n2)[C@@H]2COC(=O)c3[nH]c4cccc5c4c3COC([C@H](O[C@H]3C[C@]4(C)OCN(C)[C@@H]4[C@H](C)O3)C(=O)OC5)[C@H](NC(=O)c3csc1n3)c1nc(cs1)C(=O)N2. The van der Waals surface area contributed by atoms with Crippen molar-refractivity contribution in [1.29, 1.82) is 0 Å². The molecule has 7 aromatic heterocycles. The Kier molecular flexibility index (Phi) is 19.5. The third kappa shape index (κ3) is 13.6. The van der Waals surface area contributed by atoms with Crippen LogP contribution in [0.2, 0.25) is 0 Å². The second kappa shape index (κ2) is 28.4. The van der Waals surface area contributed by atoms with Gasteiger partial charge in [0, 0.05) is 81.5 Å². The van der Waals surface area contributed by atoms with Crippen molar-refractivity contribution in [1.82, 2.24) is 71.3 Å². The first kappa shape index (κ1) is 68.5. The number of esters is 2. The van der Waals surface area contributed by atoms with Gasteiger partial charge in [0.1, 0.15) is 125 Å². The van der Waals surface area contributed by atoms with E-state index in [4.69, 9.17) is 52.8 Å². The number of rotatable bonds is 9. The number of benzene rings is 1. The summed E-state index contributed by atoms with van der Waals surface area (Å²) in [4.78, 5) is 139. The number of ether oxygens (including phenoxy) is 8. The summed E-state index contributed by atoms with van der Waals surface area (Å²) >= 11 is 4.94. The van der Waals surface area contributed by atoms with Gasteiger partial charge in [-0.2, -0.15) is 0 Å². The normalized spacial score (nSPS) is 25.7. The molecule has 0 aliphatic carbocycles. The Morgan fingerprint density at radius 2 is 1.55 bits per heavy atom. The first-order valence-electron chi connectivity index (χ1n) is 31.7. The number of nitrogens with one attached hydrogen (secondary N) is 6. The molecule has 0 saturated carbocycles. The van der Waals surface area contributed by atoms with E-state index < -0.39 is 109 Å². The quantitative estimate of drug-likeness (QED) is 0.0705. The van der Waals surface area contributed by atoms with Crippen molar-refractivity contribution in [2.45, 2.75) is 108 Å². The second-order valence-electron chi connectivity index (χ2n) is 24.6. The summed E-state index contributed by atoms with van der Waals surface area (Å²) in [6.45, 7) is 9.21. The molecule has 8 N–H and O–H groups in total. The highest BCUT2D eigenvalue weighted by atomic mass is 32.1. The molecule has 8 aromatic rings. The molecule has 524 valence electrons. The lowest BCUT2D eigenvalue weighted by Crippen LogP contribution is -2.58. The van der Waals surface area contributed by atoms with Crippen LogP contribution in [0.5, 0.6) is 5.75 Å². The summed E-state index contributed by atoms with van der Waals surface area (Å²) in [5.74, 6) is -6.03. The van der Waals surface area contributed by atoms with Gasteiger partial charge < -0.3 is 79.7 Å². The van der Waals surface area contributed by atoms with E-state index in [9.17, 15) is 24.6 Å². The summed E-state index contributed by atoms with van der Waals surface area (Å²) in [6, 6.07) is 1.93. The fourth-order valence-electron chi connectivity index (χ4n) is 12.9. The number of cyclic esters (lactones) is 2. The summed E-state index contributed by atoms with van der Waals surface area (Å²) in [5.41, 5.74) is 0.0699. The van der Waals surface area contributed by atoms with Crippen molar-refractivity contribution in [3.8, 4) is 38.4 Å². The maximum atomic E-state index is 15.2. The van der Waals surface area contributed by atoms with Gasteiger partial charge >= 0.3 is 11.9 Å². The Hall–Kier alpha value is -8.63. The number of carbonyl (C=O) groups is 7. The standard InChI is InChI=1S/C64H66N14O17S5/c1-27(79)43-56(85)75-44(28(2)88-6)59-71-39(25-98-59)55(84)76-48-49-50(95-41-17-64(4)51(29(3)94-41)77(5)26-93-64)63(87)91-18-30-8-7-9-33-42(30)32(19-90-49)46(66-33)62(86)92-20-34(67-53(82)37-24-100-61(48)72-37)58-68-35(21-97-58)45-31(57-69-38(23-96-57)54(83)74-43)16-40(80)47(73-45)60-70-36(22-99-60)52(81)65-10-11-78-12-14-89-15-13-78/h7-9,16,21-25,27,29,34,41,43,48-51,66,79-80H,10-15,17-20,26H2,1-6H3,(H,65,81)(H,67,82)(H,74,83)(H,75,85)(H,76,84)/b44-28+/t27-,29+,34+,41+,43+,48+,49?,50+,51-,64+/m1/s1. The maximum absolute atomic E-state index is 15.2. The fourth-order valence-corrected chi connectivity index (χ4v) is 17.1. The molecule has 1 unspecified atom stereocenters. The molecule has 0 spiro atoms. The molecule has 5 amide bonds. The number of H-pyrrole nitrogens is 1. The lowest BCUT2D eigenvalue weighted by molar-refractivity contribution is -0.268. The molecule has 10 atom stereocenters. The van der Waals surface area contributed by atoms with Gasteiger partial charge in [-0.15, -0.1) is 56.7 Å². The first-order chi connectivity index (χ1) is 48.2. The number of aliphatic hydroxyl groups excluding tert-OH is 1. The number of aromatic hydroxyl groups is 1. The highest BCUT2D eigenvalue weighted by Gasteiger charge is 2.54. The number of carbonyl (C=O) groups excluding carboxylic acids is 7. The van der Waals surface area contributed by atoms with Crippen molar-refractivity contribution in [2.24, 2.45) is 0 Å². The Labute approximate surface area is 588 Å². The second-order valence-corrected chi connectivity index (χ2v) is 29.0. The smallest absolute Gasteiger partial charge is 0.355 e. The van der Waals surface area contributed by atoms with Gasteiger partial charge in [0.15, 0.2) is 12.4 Å². The molecule has 31 nitrogen and oxygen atoms in total. The molecule has 13 heterocycles. The highest BCUT2D eigenvalue weighted by Crippen LogP contribution is 2.44. The summed E-state index contributed by atoms with van der Waals surface area (Å²) < 4.78 is 50.1. The van der Waals surface area contributed by atoms with E-state index in [1.165, 1.54) is 48.5 Å². The summed E-state index contributed by atoms with van der Waals surface area (Å²) in [7, 11) is 3.25. The maximum Gasteiger partial charge on any atom is 0.355 e. The lowest BCUT2D eigenvalue weighted by atomic mass is 9.86. The third-order valence-electron chi connectivity index (χ3n) is 17.9. The Morgan fingerprint density at radius 3 is 2.34 bits per heavy atom. The number of hydrogen-bond acceptors (Lipinski definition) is 30. The molecule has 1 aromatic carbocycles. The molecule has 3 fully saturated rings. The van der Waals surface area contributed by atoms with Crippen molar-refractivity contribution in [3.63, 3.8) is 0 Å². The van der Waals surface area contributed by atoms with Crippen LogP contribution in [-0.2, 0) is 60.7 Å². The van der Waals surface area contributed by atoms with Crippen LogP contribution in [0, 0.1) is 0 Å². The predicted molar refractivity (Wildman–Crippen MR) is 361 cm³/mol. The van der Waals surface area contributed by atoms with Gasteiger partial charge in [-0.1, -0.05) is 12.1 Å². The molecular formula is C64H66N14O17S5. The lowest BCUT2D eigenvalue weighted by Gasteiger charge is -2.45. The molecular weight excluding hydrogens is 1400 g/mol. The number of likely N-dealkylation sites (N-methyl/N-ethyl adjacent to an activating group) is 1. The molecule has 6 aliphatic rings. The molecule has 100 heavy (non-hydrogen) atoms. The van der Waals surface area contributed by atoms with Crippen LogP contribution in [0.3, 0.4) is 0 Å². The molecule has 12 bridgehead atoms. The summed E-state index contributed by atoms with van der Waals surface area (Å²) in [5, 5.41) is 45.7. The predicted octanol–water partition coefficient (Wildman–Crippen LogP) is 4.88. The van der Waals surface area contributed by atoms with E-state index in [0.717, 1.165) is 69.8 Å². The number of amides is 5. The number of allylic oxidation sites excluding steroid dienone is 1. The van der Waals surface area contributed by atoms with Crippen LogP contribution in [0.25, 0.3) is 49.3 Å². The van der Waals surface area contributed by atoms with Crippen molar-refractivity contribution < 1.29 is 81.7 Å². The largest absolute Gasteiger partial charge is 0.506 e. The topological polar surface area (TPSA) is 394 Å². The highest BCUT2D eigenvalue weighted by molar-refractivity contribution is 7.14. The zero-order chi connectivity index (χ0) is 69.8. The molecule has 3 saturated heterocycles. The number of aromatic nitrogens is 7. The van der Waals surface area contributed by atoms with Crippen LogP contribution in [0.1, 0.15) is 125 Å². The molecule has 6 aliphatic heterocycles. The van der Waals surface area contributed by atoms with Crippen molar-refractivity contribution in [3.05, 3.63) is 112 Å². The Bertz CT molecular complexity index is 4560. The van der Waals surface area contributed by atoms with E-state index in [1.54, 1.807) is 23.6 Å². The fraction of sp³-hybridized carbons (Fsp3) is 0.422. The number of nitrogens with zero attached hydrogens (tertiary/aromatic N) is 8. The number of thiazole rings is 5. The van der Waals surface area contributed by atoms with E-state index in [0.29, 0.717) is 49.5 Å². The Morgan fingerprint density at radius 1 is 0.840 bits per heavy atom. The minimum atomic E-state index is -1.77. The van der Waals surface area contributed by atoms with Crippen LogP contribution < -0.4 is 26.6 Å². The number of pyridine rings is 1. The van der Waals surface area contributed by atoms with Gasteiger partial charge in [0.25, 0.3) is 23.6 Å². The number of hydrogen-bond donors (Lipinski definition) is 8. The number of morpholine rings is 1. The third-order valence-corrected chi connectivity index (χ3v) is 22.4. The number of aromatic amines is 1. The van der Waals surface area contributed by atoms with Crippen LogP contribution in [0.15, 0.2) is 56.9 Å². The number of fused-ring (bicyclic) bond motifs is 16. The van der Waals surface area contributed by atoms with E-state index in [-0.39, 0.29) is 118 Å². The average molecular weight is 1460 g/mol. The minimum Gasteiger partial charge on any atom is -0.506 e. The van der Waals surface area contributed by atoms with E-state index in [2.05, 4.69) is 51.4 Å². The minimum absolute atomic E-state index is 0.0257.